The number of hydrogen-bond donors (Lipinski definition) is 1. The number of halogens is 1. The molecule has 0 aliphatic carbocycles. The minimum absolute atomic E-state index is 0.779. The number of thiazole rings is 1. The Labute approximate surface area is 151 Å². The van der Waals surface area contributed by atoms with Crippen molar-refractivity contribution in [2.24, 2.45) is 0 Å². The third-order valence-electron chi connectivity index (χ3n) is 3.68. The third kappa shape index (κ3) is 4.57. The summed E-state index contributed by atoms with van der Waals surface area (Å²) >= 11 is 7.71. The van der Waals surface area contributed by atoms with E-state index in [0.29, 0.717) is 0 Å². The van der Waals surface area contributed by atoms with Gasteiger partial charge in [0.25, 0.3) is 0 Å². The standard InChI is InChI=1S/C19H19ClN2OS/c1-23-17-7-5-15(6-8-17)18-12-22-19(24-18)13-21-10-9-14-3-2-4-16(20)11-14/h2-8,11-12,21H,9-10,13H2,1H3. The molecule has 1 N–H and O–H groups in total. The fraction of sp³-hybridized carbons (Fsp3) is 0.211. The van der Waals surface area contributed by atoms with Gasteiger partial charge in [0, 0.05) is 17.8 Å². The second kappa shape index (κ2) is 8.29. The Morgan fingerprint density at radius 1 is 1.17 bits per heavy atom. The van der Waals surface area contributed by atoms with Crippen LogP contribution in [0.2, 0.25) is 5.02 Å². The zero-order valence-electron chi connectivity index (χ0n) is 13.5. The highest BCUT2D eigenvalue weighted by Crippen LogP contribution is 2.27. The van der Waals surface area contributed by atoms with Gasteiger partial charge in [-0.05, 0) is 60.5 Å². The van der Waals surface area contributed by atoms with Gasteiger partial charge < -0.3 is 10.1 Å². The molecule has 3 rings (SSSR count). The van der Waals surface area contributed by atoms with Crippen molar-refractivity contribution >= 4 is 22.9 Å². The minimum atomic E-state index is 0.779. The van der Waals surface area contributed by atoms with E-state index in [9.17, 15) is 0 Å². The monoisotopic (exact) mass is 358 g/mol. The van der Waals surface area contributed by atoms with Crippen molar-refractivity contribution in [1.82, 2.24) is 10.3 Å². The number of nitrogens with one attached hydrogen (secondary N) is 1. The Morgan fingerprint density at radius 3 is 2.75 bits per heavy atom. The van der Waals surface area contributed by atoms with E-state index in [-0.39, 0.29) is 0 Å². The SMILES string of the molecule is COc1ccc(-c2cnc(CNCCc3cccc(Cl)c3)s2)cc1. The molecule has 0 spiro atoms. The van der Waals surface area contributed by atoms with Gasteiger partial charge in [-0.25, -0.2) is 4.98 Å². The lowest BCUT2D eigenvalue weighted by Gasteiger charge is -2.03. The van der Waals surface area contributed by atoms with E-state index in [1.54, 1.807) is 18.4 Å². The fourth-order valence-electron chi connectivity index (χ4n) is 2.40. The lowest BCUT2D eigenvalue weighted by Crippen LogP contribution is -2.16. The molecule has 0 aliphatic rings. The first kappa shape index (κ1) is 17.0. The Bertz CT molecular complexity index is 786. The molecular formula is C19H19ClN2OS. The predicted octanol–water partition coefficient (Wildman–Crippen LogP) is 4.80. The molecule has 0 atom stereocenters. The van der Waals surface area contributed by atoms with Crippen molar-refractivity contribution in [3.8, 4) is 16.2 Å². The van der Waals surface area contributed by atoms with Gasteiger partial charge in [-0.2, -0.15) is 0 Å². The van der Waals surface area contributed by atoms with Crippen LogP contribution in [0, 0.1) is 0 Å². The predicted molar refractivity (Wildman–Crippen MR) is 101 cm³/mol. The highest BCUT2D eigenvalue weighted by Gasteiger charge is 2.05. The van der Waals surface area contributed by atoms with Crippen molar-refractivity contribution in [2.45, 2.75) is 13.0 Å². The molecule has 3 aromatic rings. The molecule has 24 heavy (non-hydrogen) atoms. The maximum atomic E-state index is 6.00. The third-order valence-corrected chi connectivity index (χ3v) is 4.97. The van der Waals surface area contributed by atoms with E-state index in [2.05, 4.69) is 28.5 Å². The van der Waals surface area contributed by atoms with Gasteiger partial charge >= 0.3 is 0 Å². The maximum absolute atomic E-state index is 6.00. The molecule has 0 fully saturated rings. The Hall–Kier alpha value is -1.88. The molecule has 2 aromatic carbocycles. The van der Waals surface area contributed by atoms with Crippen LogP contribution in [0.25, 0.3) is 10.4 Å². The molecule has 1 aromatic heterocycles. The summed E-state index contributed by atoms with van der Waals surface area (Å²) in [5, 5.41) is 5.32. The van der Waals surface area contributed by atoms with E-state index in [1.807, 2.05) is 36.5 Å². The van der Waals surface area contributed by atoms with Crippen molar-refractivity contribution in [2.75, 3.05) is 13.7 Å². The average Bonchev–Trinajstić information content (AvgIpc) is 3.08. The van der Waals surface area contributed by atoms with Crippen LogP contribution in [0.5, 0.6) is 5.75 Å². The van der Waals surface area contributed by atoms with Gasteiger partial charge in [0.05, 0.1) is 12.0 Å². The molecule has 124 valence electrons. The van der Waals surface area contributed by atoms with Crippen LogP contribution < -0.4 is 10.1 Å². The molecular weight excluding hydrogens is 340 g/mol. The number of methoxy groups -OCH3 is 1. The molecule has 1 heterocycles. The average molecular weight is 359 g/mol. The van der Waals surface area contributed by atoms with E-state index >= 15 is 0 Å². The highest BCUT2D eigenvalue weighted by molar-refractivity contribution is 7.15. The van der Waals surface area contributed by atoms with E-state index in [0.717, 1.165) is 35.3 Å². The lowest BCUT2D eigenvalue weighted by atomic mass is 10.1. The van der Waals surface area contributed by atoms with E-state index < -0.39 is 0 Å². The van der Waals surface area contributed by atoms with Crippen LogP contribution >= 0.6 is 22.9 Å². The van der Waals surface area contributed by atoms with Gasteiger partial charge in [0.15, 0.2) is 0 Å². The second-order valence-corrected chi connectivity index (χ2v) is 6.96. The van der Waals surface area contributed by atoms with Crippen LogP contribution in [-0.2, 0) is 13.0 Å². The Balaban J connectivity index is 1.50. The molecule has 5 heteroatoms. The molecule has 0 saturated carbocycles. The van der Waals surface area contributed by atoms with Crippen LogP contribution in [0.1, 0.15) is 10.6 Å². The van der Waals surface area contributed by atoms with E-state index in [1.165, 1.54) is 16.0 Å². The van der Waals surface area contributed by atoms with Crippen molar-refractivity contribution in [3.05, 3.63) is 70.3 Å². The first-order valence-electron chi connectivity index (χ1n) is 7.79. The summed E-state index contributed by atoms with van der Waals surface area (Å²) in [4.78, 5) is 5.67. The van der Waals surface area contributed by atoms with Gasteiger partial charge in [0.2, 0.25) is 0 Å². The summed E-state index contributed by atoms with van der Waals surface area (Å²) in [5.41, 5.74) is 2.41. The zero-order valence-corrected chi connectivity index (χ0v) is 15.0. The largest absolute Gasteiger partial charge is 0.497 e. The topological polar surface area (TPSA) is 34.1 Å². The summed E-state index contributed by atoms with van der Waals surface area (Å²) < 4.78 is 5.19. The van der Waals surface area contributed by atoms with Crippen LogP contribution in [0.3, 0.4) is 0 Å². The van der Waals surface area contributed by atoms with Gasteiger partial charge in [-0.15, -0.1) is 11.3 Å². The van der Waals surface area contributed by atoms with Gasteiger partial charge in [0.1, 0.15) is 10.8 Å². The molecule has 0 amide bonds. The number of nitrogens with zero attached hydrogens (tertiary/aromatic N) is 1. The Morgan fingerprint density at radius 2 is 2.00 bits per heavy atom. The van der Waals surface area contributed by atoms with Crippen LogP contribution in [0.4, 0.5) is 0 Å². The fourth-order valence-corrected chi connectivity index (χ4v) is 3.51. The lowest BCUT2D eigenvalue weighted by molar-refractivity contribution is 0.415. The number of aromatic nitrogens is 1. The van der Waals surface area contributed by atoms with Gasteiger partial charge in [-0.1, -0.05) is 23.7 Å². The summed E-state index contributed by atoms with van der Waals surface area (Å²) in [7, 11) is 1.68. The second-order valence-electron chi connectivity index (χ2n) is 5.40. The Kier molecular flexibility index (Phi) is 5.86. The zero-order chi connectivity index (χ0) is 16.8. The van der Waals surface area contributed by atoms with Crippen molar-refractivity contribution in [3.63, 3.8) is 0 Å². The molecule has 0 saturated heterocycles. The number of rotatable bonds is 7. The van der Waals surface area contributed by atoms with Crippen LogP contribution in [-0.4, -0.2) is 18.6 Å². The normalized spacial score (nSPS) is 10.8. The van der Waals surface area contributed by atoms with Gasteiger partial charge in [-0.3, -0.25) is 0 Å². The van der Waals surface area contributed by atoms with Crippen molar-refractivity contribution in [1.29, 1.82) is 0 Å². The maximum Gasteiger partial charge on any atom is 0.118 e. The smallest absolute Gasteiger partial charge is 0.118 e. The quantitative estimate of drug-likeness (QED) is 0.616. The summed E-state index contributed by atoms with van der Waals surface area (Å²) in [5.74, 6) is 0.867. The number of hydrogen-bond acceptors (Lipinski definition) is 4. The number of ether oxygens (including phenoxy) is 1. The molecule has 3 nitrogen and oxygen atoms in total. The summed E-state index contributed by atoms with van der Waals surface area (Å²) in [6.07, 6.45) is 2.89. The summed E-state index contributed by atoms with van der Waals surface area (Å²) in [6, 6.07) is 16.0. The molecule has 0 aliphatic heterocycles. The van der Waals surface area contributed by atoms with Crippen LogP contribution in [0.15, 0.2) is 54.7 Å². The summed E-state index contributed by atoms with van der Waals surface area (Å²) in [6.45, 7) is 1.68. The minimum Gasteiger partial charge on any atom is -0.497 e. The van der Waals surface area contributed by atoms with Crippen molar-refractivity contribution < 1.29 is 4.74 Å². The molecule has 0 bridgehead atoms. The molecule has 0 unspecified atom stereocenters. The first-order chi connectivity index (χ1) is 11.7. The number of benzene rings is 2. The first-order valence-corrected chi connectivity index (χ1v) is 8.98. The highest BCUT2D eigenvalue weighted by atomic mass is 35.5. The van der Waals surface area contributed by atoms with E-state index in [4.69, 9.17) is 16.3 Å². The molecule has 0 radical (unpaired) electrons.